The second kappa shape index (κ2) is 6.16. The highest BCUT2D eigenvalue weighted by atomic mass is 35.5. The van der Waals surface area contributed by atoms with Gasteiger partial charge in [-0.1, -0.05) is 11.6 Å². The molecule has 0 fully saturated rings. The van der Waals surface area contributed by atoms with Gasteiger partial charge in [0, 0.05) is 35.9 Å². The Hall–Kier alpha value is -0.880. The van der Waals surface area contributed by atoms with Crippen molar-refractivity contribution < 1.29 is 4.21 Å². The number of halogens is 1. The third-order valence-electron chi connectivity index (χ3n) is 2.32. The van der Waals surface area contributed by atoms with E-state index in [2.05, 4.69) is 10.4 Å². The van der Waals surface area contributed by atoms with Crippen molar-refractivity contribution in [1.29, 1.82) is 0 Å². The summed E-state index contributed by atoms with van der Waals surface area (Å²) >= 11 is 5.91. The first-order valence-corrected chi connectivity index (χ1v) is 7.30. The standard InChI is InChI=1S/C10H16ClN3O2S/c1-7(4-5-17(3)16)13-8-6-12-14(2)10(15)9(8)11/h6-7,13H,4-5H2,1-3H3. The van der Waals surface area contributed by atoms with E-state index in [1.807, 2.05) is 6.92 Å². The summed E-state index contributed by atoms with van der Waals surface area (Å²) < 4.78 is 12.1. The number of aryl methyl sites for hydroxylation is 1. The van der Waals surface area contributed by atoms with Gasteiger partial charge in [0.2, 0.25) is 0 Å². The SMILES string of the molecule is CC(CCS(C)=O)Nc1cnn(C)c(=O)c1Cl. The molecule has 0 aliphatic carbocycles. The van der Waals surface area contributed by atoms with Crippen LogP contribution in [0, 0.1) is 0 Å². The molecule has 0 spiro atoms. The van der Waals surface area contributed by atoms with Gasteiger partial charge < -0.3 is 5.32 Å². The number of hydrogen-bond acceptors (Lipinski definition) is 4. The first kappa shape index (κ1) is 14.2. The molecule has 0 aliphatic rings. The molecule has 0 saturated carbocycles. The Morgan fingerprint density at radius 1 is 1.65 bits per heavy atom. The molecular weight excluding hydrogens is 262 g/mol. The summed E-state index contributed by atoms with van der Waals surface area (Å²) in [7, 11) is 0.731. The summed E-state index contributed by atoms with van der Waals surface area (Å²) in [5.74, 6) is 0.615. The monoisotopic (exact) mass is 277 g/mol. The fourth-order valence-corrected chi connectivity index (χ4v) is 2.20. The molecule has 1 heterocycles. The predicted molar refractivity (Wildman–Crippen MR) is 71.1 cm³/mol. The molecule has 5 nitrogen and oxygen atoms in total. The van der Waals surface area contributed by atoms with Crippen LogP contribution in [0.25, 0.3) is 0 Å². The van der Waals surface area contributed by atoms with Crippen LogP contribution in [0.5, 0.6) is 0 Å². The van der Waals surface area contributed by atoms with E-state index in [1.54, 1.807) is 13.3 Å². The quantitative estimate of drug-likeness (QED) is 0.872. The van der Waals surface area contributed by atoms with Crippen molar-refractivity contribution in [1.82, 2.24) is 9.78 Å². The highest BCUT2D eigenvalue weighted by Crippen LogP contribution is 2.16. The minimum absolute atomic E-state index is 0.0882. The molecular formula is C10H16ClN3O2S. The summed E-state index contributed by atoms with van der Waals surface area (Å²) in [4.78, 5) is 11.5. The first-order chi connectivity index (χ1) is 7.91. The van der Waals surface area contributed by atoms with Gasteiger partial charge in [-0.05, 0) is 13.3 Å². The largest absolute Gasteiger partial charge is 0.380 e. The van der Waals surface area contributed by atoms with Crippen molar-refractivity contribution in [3.05, 3.63) is 21.6 Å². The molecule has 0 aliphatic heterocycles. The normalized spacial score (nSPS) is 14.4. The van der Waals surface area contributed by atoms with Gasteiger partial charge in [-0.15, -0.1) is 0 Å². The van der Waals surface area contributed by atoms with E-state index >= 15 is 0 Å². The summed E-state index contributed by atoms with van der Waals surface area (Å²) in [5.41, 5.74) is 0.187. The molecule has 1 aromatic rings. The summed E-state index contributed by atoms with van der Waals surface area (Å²) in [6.45, 7) is 1.95. The number of nitrogens with one attached hydrogen (secondary N) is 1. The van der Waals surface area contributed by atoms with Crippen molar-refractivity contribution >= 4 is 28.1 Å². The van der Waals surface area contributed by atoms with Crippen LogP contribution in [0.4, 0.5) is 5.69 Å². The molecule has 1 aromatic heterocycles. The predicted octanol–water partition coefficient (Wildman–Crippen LogP) is 1.00. The van der Waals surface area contributed by atoms with E-state index in [9.17, 15) is 9.00 Å². The van der Waals surface area contributed by atoms with Crippen LogP contribution >= 0.6 is 11.6 Å². The highest BCUT2D eigenvalue weighted by molar-refractivity contribution is 7.84. The molecule has 17 heavy (non-hydrogen) atoms. The topological polar surface area (TPSA) is 64.0 Å². The fourth-order valence-electron chi connectivity index (χ4n) is 1.29. The number of anilines is 1. The summed E-state index contributed by atoms with van der Waals surface area (Å²) in [5, 5.41) is 7.11. The zero-order valence-electron chi connectivity index (χ0n) is 10.1. The summed E-state index contributed by atoms with van der Waals surface area (Å²) in [6.07, 6.45) is 3.93. The maximum absolute atomic E-state index is 11.5. The molecule has 0 radical (unpaired) electrons. The fraction of sp³-hybridized carbons (Fsp3) is 0.600. The number of aromatic nitrogens is 2. The van der Waals surface area contributed by atoms with E-state index in [0.29, 0.717) is 11.4 Å². The average Bonchev–Trinajstić information content (AvgIpc) is 2.27. The Labute approximate surface area is 108 Å². The lowest BCUT2D eigenvalue weighted by Gasteiger charge is -2.15. The second-order valence-corrected chi connectivity index (χ2v) is 5.84. The van der Waals surface area contributed by atoms with Gasteiger partial charge in [-0.3, -0.25) is 9.00 Å². The lowest BCUT2D eigenvalue weighted by atomic mass is 10.2. The number of hydrogen-bond donors (Lipinski definition) is 1. The van der Waals surface area contributed by atoms with E-state index in [4.69, 9.17) is 11.6 Å². The molecule has 2 atom stereocenters. The van der Waals surface area contributed by atoms with Crippen molar-refractivity contribution in [2.45, 2.75) is 19.4 Å². The van der Waals surface area contributed by atoms with Crippen LogP contribution in [-0.2, 0) is 17.8 Å². The maximum Gasteiger partial charge on any atom is 0.287 e. The van der Waals surface area contributed by atoms with E-state index in [-0.39, 0.29) is 16.6 Å². The van der Waals surface area contributed by atoms with Crippen LogP contribution in [0.3, 0.4) is 0 Å². The Balaban J connectivity index is 2.72. The van der Waals surface area contributed by atoms with Crippen LogP contribution in [0.2, 0.25) is 5.02 Å². The average molecular weight is 278 g/mol. The lowest BCUT2D eigenvalue weighted by molar-refractivity contribution is 0.677. The van der Waals surface area contributed by atoms with Crippen molar-refractivity contribution in [3.63, 3.8) is 0 Å². The number of nitrogens with zero attached hydrogens (tertiary/aromatic N) is 2. The van der Waals surface area contributed by atoms with E-state index in [1.165, 1.54) is 10.9 Å². The van der Waals surface area contributed by atoms with Gasteiger partial charge in [0.1, 0.15) is 5.02 Å². The van der Waals surface area contributed by atoms with Gasteiger partial charge in [0.25, 0.3) is 5.56 Å². The van der Waals surface area contributed by atoms with Gasteiger partial charge in [-0.25, -0.2) is 4.68 Å². The molecule has 1 N–H and O–H groups in total. The van der Waals surface area contributed by atoms with Gasteiger partial charge >= 0.3 is 0 Å². The zero-order chi connectivity index (χ0) is 13.0. The van der Waals surface area contributed by atoms with Gasteiger partial charge in [0.15, 0.2) is 0 Å². The molecule has 2 unspecified atom stereocenters. The summed E-state index contributed by atoms with van der Waals surface area (Å²) in [6, 6.07) is 0.0882. The second-order valence-electron chi connectivity index (χ2n) is 3.91. The third kappa shape index (κ3) is 4.12. The Kier molecular flexibility index (Phi) is 5.14. The Morgan fingerprint density at radius 2 is 2.29 bits per heavy atom. The Bertz CT molecular complexity index is 475. The molecule has 96 valence electrons. The van der Waals surface area contributed by atoms with Gasteiger partial charge in [0.05, 0.1) is 11.9 Å². The minimum Gasteiger partial charge on any atom is -0.380 e. The van der Waals surface area contributed by atoms with Crippen molar-refractivity contribution in [2.75, 3.05) is 17.3 Å². The van der Waals surface area contributed by atoms with Crippen LogP contribution < -0.4 is 10.9 Å². The molecule has 1 rings (SSSR count). The lowest BCUT2D eigenvalue weighted by Crippen LogP contribution is -2.24. The van der Waals surface area contributed by atoms with Crippen molar-refractivity contribution in [2.24, 2.45) is 7.05 Å². The molecule has 7 heteroatoms. The third-order valence-corrected chi connectivity index (χ3v) is 3.49. The van der Waals surface area contributed by atoms with E-state index < -0.39 is 10.8 Å². The Morgan fingerprint density at radius 3 is 2.88 bits per heavy atom. The molecule has 0 aromatic carbocycles. The molecule has 0 bridgehead atoms. The number of rotatable bonds is 5. The van der Waals surface area contributed by atoms with Crippen molar-refractivity contribution in [3.8, 4) is 0 Å². The molecule has 0 amide bonds. The van der Waals surface area contributed by atoms with Crippen LogP contribution in [-0.4, -0.2) is 32.0 Å². The zero-order valence-corrected chi connectivity index (χ0v) is 11.6. The van der Waals surface area contributed by atoms with Gasteiger partial charge in [-0.2, -0.15) is 5.10 Å². The van der Waals surface area contributed by atoms with Crippen LogP contribution in [0.1, 0.15) is 13.3 Å². The maximum atomic E-state index is 11.5. The first-order valence-electron chi connectivity index (χ1n) is 5.20. The molecule has 0 saturated heterocycles. The minimum atomic E-state index is -0.812. The smallest absolute Gasteiger partial charge is 0.287 e. The highest BCUT2D eigenvalue weighted by Gasteiger charge is 2.10. The van der Waals surface area contributed by atoms with Crippen LogP contribution in [0.15, 0.2) is 11.0 Å². The van der Waals surface area contributed by atoms with E-state index in [0.717, 1.165) is 6.42 Å².